The van der Waals surface area contributed by atoms with Gasteiger partial charge in [0.1, 0.15) is 0 Å². The van der Waals surface area contributed by atoms with E-state index < -0.39 is 14.9 Å². The van der Waals surface area contributed by atoms with Crippen molar-refractivity contribution in [2.24, 2.45) is 0 Å². The lowest BCUT2D eigenvalue weighted by atomic mass is 10.2. The molecule has 0 unspecified atom stereocenters. The molecule has 0 bridgehead atoms. The van der Waals surface area contributed by atoms with Crippen molar-refractivity contribution in [1.29, 1.82) is 0 Å². The first kappa shape index (κ1) is 15.5. The van der Waals surface area contributed by atoms with Crippen LogP contribution in [0.2, 0.25) is 0 Å². The fraction of sp³-hybridized carbons (Fsp3) is 0.455. The quantitative estimate of drug-likeness (QED) is 0.415. The molecule has 1 aromatic rings. The van der Waals surface area contributed by atoms with Crippen LogP contribution >= 0.6 is 0 Å². The van der Waals surface area contributed by atoms with E-state index in [4.69, 9.17) is 0 Å². The molecule has 0 heterocycles. The maximum atomic E-state index is 11.6. The summed E-state index contributed by atoms with van der Waals surface area (Å²) in [6, 6.07) is 5.89. The number of benzene rings is 1. The Bertz CT molecular complexity index is 530. The summed E-state index contributed by atoms with van der Waals surface area (Å²) in [5.41, 5.74) is 0.505. The molecule has 7 nitrogen and oxygen atoms in total. The predicted molar refractivity (Wildman–Crippen MR) is 72.3 cm³/mol. The number of nitro groups is 1. The van der Waals surface area contributed by atoms with E-state index in [2.05, 4.69) is 10.0 Å². The van der Waals surface area contributed by atoms with Gasteiger partial charge in [-0.1, -0.05) is 19.1 Å². The zero-order valence-electron chi connectivity index (χ0n) is 10.6. The smallest absolute Gasteiger partial charge is 0.269 e. The van der Waals surface area contributed by atoms with Crippen LogP contribution in [-0.4, -0.2) is 32.2 Å². The second-order valence-electron chi connectivity index (χ2n) is 3.92. The molecule has 0 atom stereocenters. The molecule has 0 aromatic heterocycles. The summed E-state index contributed by atoms with van der Waals surface area (Å²) >= 11 is 0. The van der Waals surface area contributed by atoms with Gasteiger partial charge in [-0.05, 0) is 12.1 Å². The molecule has 2 N–H and O–H groups in total. The monoisotopic (exact) mass is 287 g/mol. The number of hydrogen-bond donors (Lipinski definition) is 2. The SMILES string of the molecule is CCNCCS(=O)(=O)NCc1cccc([N+](=O)[O-])c1. The van der Waals surface area contributed by atoms with Crippen molar-refractivity contribution in [3.63, 3.8) is 0 Å². The number of nitrogens with zero attached hydrogens (tertiary/aromatic N) is 1. The Morgan fingerprint density at radius 2 is 2.11 bits per heavy atom. The Balaban J connectivity index is 2.56. The fourth-order valence-electron chi connectivity index (χ4n) is 1.43. The van der Waals surface area contributed by atoms with Crippen molar-refractivity contribution in [1.82, 2.24) is 10.0 Å². The number of nitrogens with one attached hydrogen (secondary N) is 2. The first-order valence-corrected chi connectivity index (χ1v) is 7.51. The molecule has 19 heavy (non-hydrogen) atoms. The van der Waals surface area contributed by atoms with E-state index in [-0.39, 0.29) is 18.0 Å². The highest BCUT2D eigenvalue weighted by Crippen LogP contribution is 2.12. The van der Waals surface area contributed by atoms with Gasteiger partial charge >= 0.3 is 0 Å². The van der Waals surface area contributed by atoms with Gasteiger partial charge in [-0.15, -0.1) is 0 Å². The van der Waals surface area contributed by atoms with E-state index in [0.717, 1.165) is 0 Å². The lowest BCUT2D eigenvalue weighted by Gasteiger charge is -2.07. The van der Waals surface area contributed by atoms with Gasteiger partial charge < -0.3 is 5.32 Å². The van der Waals surface area contributed by atoms with Gasteiger partial charge in [0.05, 0.1) is 10.7 Å². The average Bonchev–Trinajstić information content (AvgIpc) is 2.37. The molecule has 1 rings (SSSR count). The highest BCUT2D eigenvalue weighted by molar-refractivity contribution is 7.89. The van der Waals surface area contributed by atoms with Gasteiger partial charge in [-0.2, -0.15) is 0 Å². The molecule has 0 aliphatic rings. The van der Waals surface area contributed by atoms with Gasteiger partial charge in [0, 0.05) is 25.2 Å². The second kappa shape index (κ2) is 7.17. The van der Waals surface area contributed by atoms with E-state index in [0.29, 0.717) is 18.7 Å². The first-order chi connectivity index (χ1) is 8.94. The summed E-state index contributed by atoms with van der Waals surface area (Å²) in [6.07, 6.45) is 0. The molecule has 0 aliphatic carbocycles. The Kier molecular flexibility index (Phi) is 5.87. The van der Waals surface area contributed by atoms with Crippen molar-refractivity contribution >= 4 is 15.7 Å². The van der Waals surface area contributed by atoms with Crippen LogP contribution in [0.1, 0.15) is 12.5 Å². The Morgan fingerprint density at radius 3 is 2.74 bits per heavy atom. The third-order valence-electron chi connectivity index (χ3n) is 2.42. The molecular weight excluding hydrogens is 270 g/mol. The van der Waals surface area contributed by atoms with Crippen LogP contribution in [-0.2, 0) is 16.6 Å². The largest absolute Gasteiger partial charge is 0.316 e. The molecule has 8 heteroatoms. The van der Waals surface area contributed by atoms with Crippen LogP contribution in [0.15, 0.2) is 24.3 Å². The second-order valence-corrected chi connectivity index (χ2v) is 5.85. The first-order valence-electron chi connectivity index (χ1n) is 5.86. The zero-order chi connectivity index (χ0) is 14.3. The molecule has 0 saturated heterocycles. The summed E-state index contributed by atoms with van der Waals surface area (Å²) in [4.78, 5) is 10.1. The summed E-state index contributed by atoms with van der Waals surface area (Å²) in [6.45, 7) is 3.03. The molecule has 106 valence electrons. The minimum Gasteiger partial charge on any atom is -0.316 e. The maximum absolute atomic E-state index is 11.6. The van der Waals surface area contributed by atoms with Gasteiger partial charge in [0.25, 0.3) is 5.69 Å². The topological polar surface area (TPSA) is 101 Å². The maximum Gasteiger partial charge on any atom is 0.269 e. The third-order valence-corrected chi connectivity index (χ3v) is 3.74. The molecular formula is C11H17N3O4S. The van der Waals surface area contributed by atoms with Gasteiger partial charge in [0.2, 0.25) is 10.0 Å². The average molecular weight is 287 g/mol. The van der Waals surface area contributed by atoms with Crippen molar-refractivity contribution in [3.05, 3.63) is 39.9 Å². The summed E-state index contributed by atoms with van der Waals surface area (Å²) in [7, 11) is -3.37. The summed E-state index contributed by atoms with van der Waals surface area (Å²) < 4.78 is 25.6. The fourth-order valence-corrected chi connectivity index (χ4v) is 2.37. The molecule has 0 saturated carbocycles. The van der Waals surface area contributed by atoms with Crippen LogP contribution < -0.4 is 10.0 Å². The van der Waals surface area contributed by atoms with Crippen molar-refractivity contribution in [3.8, 4) is 0 Å². The lowest BCUT2D eigenvalue weighted by Crippen LogP contribution is -2.31. The van der Waals surface area contributed by atoms with Crippen LogP contribution in [0.3, 0.4) is 0 Å². The molecule has 0 aliphatic heterocycles. The number of non-ortho nitro benzene ring substituents is 1. The predicted octanol–water partition coefficient (Wildman–Crippen LogP) is 0.624. The van der Waals surface area contributed by atoms with Crippen molar-refractivity contribution < 1.29 is 13.3 Å². The molecule has 0 spiro atoms. The minimum atomic E-state index is -3.37. The van der Waals surface area contributed by atoms with E-state index in [1.165, 1.54) is 18.2 Å². The van der Waals surface area contributed by atoms with Gasteiger partial charge in [-0.3, -0.25) is 10.1 Å². The van der Waals surface area contributed by atoms with E-state index in [9.17, 15) is 18.5 Å². The van der Waals surface area contributed by atoms with Crippen LogP contribution in [0.5, 0.6) is 0 Å². The van der Waals surface area contributed by atoms with Crippen molar-refractivity contribution in [2.75, 3.05) is 18.8 Å². The molecule has 0 fully saturated rings. The van der Waals surface area contributed by atoms with Crippen LogP contribution in [0, 0.1) is 10.1 Å². The normalized spacial score (nSPS) is 11.4. The third kappa shape index (κ3) is 5.77. The summed E-state index contributed by atoms with van der Waals surface area (Å²) in [5, 5.41) is 13.5. The number of sulfonamides is 1. The van der Waals surface area contributed by atoms with Gasteiger partial charge in [0.15, 0.2) is 0 Å². The highest BCUT2D eigenvalue weighted by atomic mass is 32.2. The van der Waals surface area contributed by atoms with E-state index >= 15 is 0 Å². The molecule has 1 aromatic carbocycles. The lowest BCUT2D eigenvalue weighted by molar-refractivity contribution is -0.384. The van der Waals surface area contributed by atoms with E-state index in [1.54, 1.807) is 6.07 Å². The summed E-state index contributed by atoms with van der Waals surface area (Å²) in [5.74, 6) is -0.0181. The Hall–Kier alpha value is -1.51. The standard InChI is InChI=1S/C11H17N3O4S/c1-2-12-6-7-19(17,18)13-9-10-4-3-5-11(8-10)14(15)16/h3-5,8,12-13H,2,6-7,9H2,1H3. The zero-order valence-corrected chi connectivity index (χ0v) is 11.4. The van der Waals surface area contributed by atoms with Crippen molar-refractivity contribution in [2.45, 2.75) is 13.5 Å². The van der Waals surface area contributed by atoms with Crippen LogP contribution in [0.25, 0.3) is 0 Å². The highest BCUT2D eigenvalue weighted by Gasteiger charge is 2.11. The number of nitro benzene ring substituents is 1. The number of hydrogen-bond acceptors (Lipinski definition) is 5. The van der Waals surface area contributed by atoms with E-state index in [1.807, 2.05) is 6.92 Å². The van der Waals surface area contributed by atoms with Crippen LogP contribution in [0.4, 0.5) is 5.69 Å². The Morgan fingerprint density at radius 1 is 1.37 bits per heavy atom. The minimum absolute atomic E-state index is 0.0181. The number of rotatable bonds is 8. The van der Waals surface area contributed by atoms with Gasteiger partial charge in [-0.25, -0.2) is 13.1 Å². The molecule has 0 amide bonds. The Labute approximate surface area is 112 Å². The molecule has 0 radical (unpaired) electrons.